The van der Waals surface area contributed by atoms with Crippen LogP contribution < -0.4 is 5.73 Å². The van der Waals surface area contributed by atoms with Crippen LogP contribution in [0.3, 0.4) is 0 Å². The van der Waals surface area contributed by atoms with Crippen LogP contribution in [-0.2, 0) is 11.2 Å². The van der Waals surface area contributed by atoms with E-state index in [-0.39, 0.29) is 12.0 Å². The maximum absolute atomic E-state index is 13.1. The Bertz CT molecular complexity index is 350. The summed E-state index contributed by atoms with van der Waals surface area (Å²) >= 11 is 0. The molecule has 0 saturated heterocycles. The molecule has 1 rings (SSSR count). The summed E-state index contributed by atoms with van der Waals surface area (Å²) in [6.45, 7) is 1.27. The Kier molecular flexibility index (Phi) is 2.86. The van der Waals surface area contributed by atoms with Gasteiger partial charge >= 0.3 is 0 Å². The third-order valence-electron chi connectivity index (χ3n) is 2.02. The SMILES string of the molecule is CC(O)(Cc1ccccc1F)C(N)=O. The zero-order valence-corrected chi connectivity index (χ0v) is 7.83. The van der Waals surface area contributed by atoms with Crippen molar-refractivity contribution in [3.8, 4) is 0 Å². The Morgan fingerprint density at radius 1 is 1.57 bits per heavy atom. The van der Waals surface area contributed by atoms with E-state index in [4.69, 9.17) is 5.73 Å². The van der Waals surface area contributed by atoms with Crippen molar-refractivity contribution in [3.63, 3.8) is 0 Å². The van der Waals surface area contributed by atoms with Crippen molar-refractivity contribution < 1.29 is 14.3 Å². The first-order valence-corrected chi connectivity index (χ1v) is 4.19. The van der Waals surface area contributed by atoms with Crippen molar-refractivity contribution in [2.45, 2.75) is 18.9 Å². The van der Waals surface area contributed by atoms with Crippen LogP contribution in [0.5, 0.6) is 0 Å². The van der Waals surface area contributed by atoms with E-state index < -0.39 is 17.3 Å². The van der Waals surface area contributed by atoms with Gasteiger partial charge in [-0.3, -0.25) is 4.79 Å². The first-order valence-electron chi connectivity index (χ1n) is 4.19. The van der Waals surface area contributed by atoms with Gasteiger partial charge in [0, 0.05) is 6.42 Å². The summed E-state index contributed by atoms with van der Waals surface area (Å²) in [7, 11) is 0. The van der Waals surface area contributed by atoms with Crippen LogP contribution in [0.15, 0.2) is 24.3 Å². The van der Waals surface area contributed by atoms with Crippen molar-refractivity contribution in [2.75, 3.05) is 0 Å². The lowest BCUT2D eigenvalue weighted by atomic mass is 9.96. The van der Waals surface area contributed by atoms with Gasteiger partial charge in [-0.2, -0.15) is 0 Å². The highest BCUT2D eigenvalue weighted by molar-refractivity contribution is 5.83. The van der Waals surface area contributed by atoms with E-state index in [2.05, 4.69) is 0 Å². The molecule has 1 unspecified atom stereocenters. The zero-order valence-electron chi connectivity index (χ0n) is 7.83. The largest absolute Gasteiger partial charge is 0.380 e. The van der Waals surface area contributed by atoms with Gasteiger partial charge in [0.25, 0.3) is 0 Å². The lowest BCUT2D eigenvalue weighted by molar-refractivity contribution is -0.134. The van der Waals surface area contributed by atoms with E-state index in [0.29, 0.717) is 0 Å². The number of rotatable bonds is 3. The molecule has 0 heterocycles. The summed E-state index contributed by atoms with van der Waals surface area (Å²) in [4.78, 5) is 10.8. The first-order chi connectivity index (χ1) is 6.43. The molecule has 0 aliphatic rings. The molecule has 1 amide bonds. The lowest BCUT2D eigenvalue weighted by Gasteiger charge is -2.19. The molecule has 0 saturated carbocycles. The molecular weight excluding hydrogens is 185 g/mol. The van der Waals surface area contributed by atoms with Crippen LogP contribution in [0, 0.1) is 5.82 Å². The summed E-state index contributed by atoms with van der Waals surface area (Å²) in [5.41, 5.74) is 3.52. The van der Waals surface area contributed by atoms with Crippen molar-refractivity contribution in [1.82, 2.24) is 0 Å². The van der Waals surface area contributed by atoms with Crippen LogP contribution >= 0.6 is 0 Å². The van der Waals surface area contributed by atoms with Gasteiger partial charge in [0.1, 0.15) is 11.4 Å². The highest BCUT2D eigenvalue weighted by atomic mass is 19.1. The van der Waals surface area contributed by atoms with Crippen LogP contribution in [0.4, 0.5) is 4.39 Å². The monoisotopic (exact) mass is 197 g/mol. The summed E-state index contributed by atoms with van der Waals surface area (Å²) in [5, 5.41) is 9.53. The highest BCUT2D eigenvalue weighted by Crippen LogP contribution is 2.15. The third kappa shape index (κ3) is 2.29. The van der Waals surface area contributed by atoms with Crippen molar-refractivity contribution >= 4 is 5.91 Å². The topological polar surface area (TPSA) is 63.3 Å². The van der Waals surface area contributed by atoms with Gasteiger partial charge < -0.3 is 10.8 Å². The quantitative estimate of drug-likeness (QED) is 0.745. The van der Waals surface area contributed by atoms with E-state index in [0.717, 1.165) is 0 Å². The number of hydrogen-bond donors (Lipinski definition) is 2. The van der Waals surface area contributed by atoms with Gasteiger partial charge in [0.2, 0.25) is 5.91 Å². The van der Waals surface area contributed by atoms with Gasteiger partial charge in [0.15, 0.2) is 0 Å². The zero-order chi connectivity index (χ0) is 10.8. The summed E-state index contributed by atoms with van der Waals surface area (Å²) < 4.78 is 13.1. The normalized spacial score (nSPS) is 14.8. The molecule has 0 aliphatic carbocycles. The number of hydrogen-bond acceptors (Lipinski definition) is 2. The van der Waals surface area contributed by atoms with Gasteiger partial charge in [-0.1, -0.05) is 18.2 Å². The Labute approximate surface area is 81.4 Å². The van der Waals surface area contributed by atoms with E-state index in [1.165, 1.54) is 25.1 Å². The maximum atomic E-state index is 13.1. The molecule has 1 aromatic rings. The number of carbonyl (C=O) groups is 1. The fraction of sp³-hybridized carbons (Fsp3) is 0.300. The number of aliphatic hydroxyl groups is 1. The molecular formula is C10H12FNO2. The van der Waals surface area contributed by atoms with Gasteiger partial charge in [0.05, 0.1) is 0 Å². The third-order valence-corrected chi connectivity index (χ3v) is 2.02. The fourth-order valence-electron chi connectivity index (χ4n) is 1.10. The van der Waals surface area contributed by atoms with Crippen molar-refractivity contribution in [2.24, 2.45) is 5.73 Å². The number of carbonyl (C=O) groups excluding carboxylic acids is 1. The molecule has 14 heavy (non-hydrogen) atoms. The average Bonchev–Trinajstić information content (AvgIpc) is 2.08. The predicted molar refractivity (Wildman–Crippen MR) is 49.9 cm³/mol. The average molecular weight is 197 g/mol. The number of amides is 1. The molecule has 76 valence electrons. The van der Waals surface area contributed by atoms with Crippen molar-refractivity contribution in [1.29, 1.82) is 0 Å². The van der Waals surface area contributed by atoms with E-state index in [1.54, 1.807) is 6.07 Å². The van der Waals surface area contributed by atoms with E-state index in [9.17, 15) is 14.3 Å². The Hall–Kier alpha value is -1.42. The molecule has 3 N–H and O–H groups in total. The van der Waals surface area contributed by atoms with Crippen LogP contribution in [0.25, 0.3) is 0 Å². The number of halogens is 1. The lowest BCUT2D eigenvalue weighted by Crippen LogP contribution is -2.42. The molecule has 0 bridgehead atoms. The minimum atomic E-state index is -1.71. The second-order valence-electron chi connectivity index (χ2n) is 3.41. The van der Waals surface area contributed by atoms with Crippen molar-refractivity contribution in [3.05, 3.63) is 35.6 Å². The number of benzene rings is 1. The van der Waals surface area contributed by atoms with Crippen LogP contribution in [0.2, 0.25) is 0 Å². The van der Waals surface area contributed by atoms with E-state index in [1.807, 2.05) is 0 Å². The smallest absolute Gasteiger partial charge is 0.249 e. The Balaban J connectivity index is 2.89. The Morgan fingerprint density at radius 3 is 2.64 bits per heavy atom. The molecule has 1 aromatic carbocycles. The second kappa shape index (κ2) is 3.75. The minimum absolute atomic E-state index is 0.116. The van der Waals surface area contributed by atoms with Crippen LogP contribution in [-0.4, -0.2) is 16.6 Å². The standard InChI is InChI=1S/C10H12FNO2/c1-10(14,9(12)13)6-7-4-2-3-5-8(7)11/h2-5,14H,6H2,1H3,(H2,12,13). The fourth-order valence-corrected chi connectivity index (χ4v) is 1.10. The molecule has 0 aromatic heterocycles. The molecule has 1 atom stereocenters. The number of nitrogens with two attached hydrogens (primary N) is 1. The van der Waals surface area contributed by atoms with Gasteiger partial charge in [-0.15, -0.1) is 0 Å². The molecule has 0 radical (unpaired) electrons. The van der Waals surface area contributed by atoms with Gasteiger partial charge in [-0.25, -0.2) is 4.39 Å². The minimum Gasteiger partial charge on any atom is -0.380 e. The first kappa shape index (κ1) is 10.7. The summed E-state index contributed by atoms with van der Waals surface area (Å²) in [6.07, 6.45) is -0.116. The Morgan fingerprint density at radius 2 is 2.14 bits per heavy atom. The highest BCUT2D eigenvalue weighted by Gasteiger charge is 2.28. The summed E-state index contributed by atoms with van der Waals surface area (Å²) in [5.74, 6) is -1.31. The second-order valence-corrected chi connectivity index (χ2v) is 3.41. The van der Waals surface area contributed by atoms with Gasteiger partial charge in [-0.05, 0) is 18.6 Å². The predicted octanol–water partition coefficient (Wildman–Crippen LogP) is 0.604. The molecule has 0 fully saturated rings. The molecule has 3 nitrogen and oxygen atoms in total. The van der Waals surface area contributed by atoms with Crippen LogP contribution in [0.1, 0.15) is 12.5 Å². The molecule has 0 aliphatic heterocycles. The molecule has 4 heteroatoms. The molecule has 0 spiro atoms. The summed E-state index contributed by atoms with van der Waals surface area (Å²) in [6, 6.07) is 5.95. The maximum Gasteiger partial charge on any atom is 0.249 e. The van der Waals surface area contributed by atoms with E-state index >= 15 is 0 Å². The number of primary amides is 1.